The number of methoxy groups -OCH3 is 1. The minimum atomic E-state index is -5.07. The zero-order valence-corrected chi connectivity index (χ0v) is 23.0. The highest BCUT2D eigenvalue weighted by atomic mass is 32.1. The fourth-order valence-electron chi connectivity index (χ4n) is 5.59. The van der Waals surface area contributed by atoms with Crippen LogP contribution in [0.4, 0.5) is 32.8 Å². The van der Waals surface area contributed by atoms with Gasteiger partial charge in [0.15, 0.2) is 5.82 Å². The van der Waals surface area contributed by atoms with Crippen molar-refractivity contribution in [2.75, 3.05) is 31.3 Å². The fraction of sp³-hybridized carbons (Fsp3) is 0.333. The number of thiophene rings is 1. The number of anilines is 2. The number of likely N-dealkylation sites (tertiary alicyclic amines) is 1. The molecule has 14 heteroatoms. The molecule has 2 N–H and O–H groups in total. The molecule has 2 atom stereocenters. The summed E-state index contributed by atoms with van der Waals surface area (Å²) >= 11 is 0.687. The number of nitrogen functional groups attached to an aromatic ring is 1. The van der Waals surface area contributed by atoms with E-state index in [9.17, 15) is 27.6 Å². The van der Waals surface area contributed by atoms with Crippen LogP contribution < -0.4 is 15.4 Å². The van der Waals surface area contributed by atoms with E-state index in [1.807, 2.05) is 6.92 Å². The van der Waals surface area contributed by atoms with Crippen LogP contribution in [0.5, 0.6) is 6.01 Å². The molecule has 2 aromatic carbocycles. The van der Waals surface area contributed by atoms with Crippen LogP contribution >= 0.6 is 11.3 Å². The predicted octanol–water partition coefficient (Wildman–Crippen LogP) is 5.72. The molecule has 214 valence electrons. The van der Waals surface area contributed by atoms with Gasteiger partial charge in [-0.25, -0.2) is 8.78 Å². The van der Waals surface area contributed by atoms with Gasteiger partial charge in [0.25, 0.3) is 0 Å². The molecular formula is C27H23F5N6O2S. The van der Waals surface area contributed by atoms with E-state index in [0.717, 1.165) is 18.2 Å². The van der Waals surface area contributed by atoms with Crippen molar-refractivity contribution < 1.29 is 31.5 Å². The Bertz CT molecular complexity index is 1770. The molecule has 1 saturated heterocycles. The van der Waals surface area contributed by atoms with Gasteiger partial charge in [-0.2, -0.15) is 28.4 Å². The largest absolute Gasteiger partial charge is 0.467 e. The van der Waals surface area contributed by atoms with Crippen LogP contribution in [0.3, 0.4) is 0 Å². The van der Waals surface area contributed by atoms with Crippen LogP contribution in [0.25, 0.3) is 32.1 Å². The number of ether oxygens (including phenoxy) is 1. The highest BCUT2D eigenvalue weighted by Gasteiger charge is 2.40. The lowest BCUT2D eigenvalue weighted by Gasteiger charge is -2.32. The van der Waals surface area contributed by atoms with Crippen LogP contribution in [-0.2, 0) is 11.0 Å². The summed E-state index contributed by atoms with van der Waals surface area (Å²) in [5.74, 6) is -2.33. The van der Waals surface area contributed by atoms with Crippen LogP contribution in [0, 0.1) is 23.0 Å². The Labute approximate surface area is 234 Å². The minimum Gasteiger partial charge on any atom is -0.467 e. The Morgan fingerprint density at radius 1 is 1.29 bits per heavy atom. The molecular weight excluding hydrogens is 567 g/mol. The maximum absolute atomic E-state index is 16.5. The maximum Gasteiger partial charge on any atom is 0.417 e. The second kappa shape index (κ2) is 9.99. The van der Waals surface area contributed by atoms with Gasteiger partial charge in [-0.3, -0.25) is 4.79 Å². The number of hydrogen-bond acceptors (Lipinski definition) is 8. The second-order valence-electron chi connectivity index (χ2n) is 9.71. The average molecular weight is 591 g/mol. The number of benzene rings is 2. The number of halogens is 5. The highest BCUT2D eigenvalue weighted by Crippen LogP contribution is 2.48. The first kappa shape index (κ1) is 28.3. The fourth-order valence-corrected chi connectivity index (χ4v) is 6.54. The summed E-state index contributed by atoms with van der Waals surface area (Å²) in [6, 6.07) is 3.50. The number of nitriles is 1. The SMILES string of the molecule is COc1nc(N(C)C2CCN(C(C)=O)C2C)c2cc(C(F)(F)F)c(-c3ccc(F)c4sc(N)c(C#N)c34)c(F)c2n1. The Balaban J connectivity index is 1.84. The van der Waals surface area contributed by atoms with Gasteiger partial charge in [0.1, 0.15) is 28.2 Å². The van der Waals surface area contributed by atoms with E-state index in [-0.39, 0.29) is 61.4 Å². The van der Waals surface area contributed by atoms with Gasteiger partial charge in [0, 0.05) is 42.9 Å². The topological polar surface area (TPSA) is 108 Å². The molecule has 0 spiro atoms. The van der Waals surface area contributed by atoms with E-state index in [1.165, 1.54) is 14.0 Å². The molecule has 8 nitrogen and oxygen atoms in total. The van der Waals surface area contributed by atoms with Crippen molar-refractivity contribution in [1.29, 1.82) is 5.26 Å². The summed E-state index contributed by atoms with van der Waals surface area (Å²) in [6.45, 7) is 3.68. The first-order valence-electron chi connectivity index (χ1n) is 12.4. The Morgan fingerprint density at radius 2 is 2.00 bits per heavy atom. The van der Waals surface area contributed by atoms with Crippen molar-refractivity contribution in [1.82, 2.24) is 14.9 Å². The van der Waals surface area contributed by atoms with Crippen molar-refractivity contribution in [3.63, 3.8) is 0 Å². The normalized spacial score (nSPS) is 17.3. The molecule has 2 aromatic heterocycles. The van der Waals surface area contributed by atoms with E-state index >= 15 is 4.39 Å². The molecule has 0 bridgehead atoms. The Kier molecular flexibility index (Phi) is 6.89. The van der Waals surface area contributed by atoms with Crippen molar-refractivity contribution >= 4 is 49.1 Å². The third-order valence-corrected chi connectivity index (χ3v) is 8.56. The number of hydrogen-bond donors (Lipinski definition) is 1. The number of rotatable bonds is 4. The number of carbonyl (C=O) groups excluding carboxylic acids is 1. The van der Waals surface area contributed by atoms with Crippen molar-refractivity contribution in [3.05, 3.63) is 41.0 Å². The maximum atomic E-state index is 16.5. The monoisotopic (exact) mass is 590 g/mol. The molecule has 1 fully saturated rings. The quantitative estimate of drug-likeness (QED) is 0.303. The summed E-state index contributed by atoms with van der Waals surface area (Å²) < 4.78 is 80.1. The van der Waals surface area contributed by atoms with Gasteiger partial charge < -0.3 is 20.3 Å². The zero-order chi connectivity index (χ0) is 30.0. The van der Waals surface area contributed by atoms with E-state index < -0.39 is 34.5 Å². The lowest BCUT2D eigenvalue weighted by Crippen LogP contribution is -2.43. The molecule has 0 radical (unpaired) electrons. The van der Waals surface area contributed by atoms with Gasteiger partial charge in [-0.15, -0.1) is 11.3 Å². The lowest BCUT2D eigenvalue weighted by molar-refractivity contribution is -0.137. The van der Waals surface area contributed by atoms with E-state index in [1.54, 1.807) is 22.9 Å². The van der Waals surface area contributed by atoms with Gasteiger partial charge in [0.2, 0.25) is 5.91 Å². The average Bonchev–Trinajstić information content (AvgIpc) is 3.47. The number of amides is 1. The van der Waals surface area contributed by atoms with E-state index in [4.69, 9.17) is 10.5 Å². The summed E-state index contributed by atoms with van der Waals surface area (Å²) in [6.07, 6.45) is -4.57. The van der Waals surface area contributed by atoms with Gasteiger partial charge in [0.05, 0.1) is 29.0 Å². The summed E-state index contributed by atoms with van der Waals surface area (Å²) in [5, 5.41) is 9.09. The number of aromatic nitrogens is 2. The first-order valence-corrected chi connectivity index (χ1v) is 13.2. The van der Waals surface area contributed by atoms with Crippen LogP contribution in [-0.4, -0.2) is 53.6 Å². The zero-order valence-electron chi connectivity index (χ0n) is 22.2. The summed E-state index contributed by atoms with van der Waals surface area (Å²) in [5.41, 5.74) is 2.53. The molecule has 1 aliphatic rings. The van der Waals surface area contributed by atoms with Crippen LogP contribution in [0.2, 0.25) is 0 Å². The smallest absolute Gasteiger partial charge is 0.417 e. The molecule has 1 amide bonds. The molecule has 4 aromatic rings. The minimum absolute atomic E-state index is 0.0215. The predicted molar refractivity (Wildman–Crippen MR) is 145 cm³/mol. The first-order chi connectivity index (χ1) is 19.3. The molecule has 0 aliphatic carbocycles. The van der Waals surface area contributed by atoms with Gasteiger partial charge in [-0.1, -0.05) is 6.07 Å². The number of carbonyl (C=O) groups is 1. The Hall–Kier alpha value is -4.25. The number of fused-ring (bicyclic) bond motifs is 2. The molecule has 1 aliphatic heterocycles. The molecule has 3 heterocycles. The third-order valence-electron chi connectivity index (χ3n) is 7.53. The van der Waals surface area contributed by atoms with Crippen LogP contribution in [0.1, 0.15) is 31.4 Å². The number of alkyl halides is 3. The van der Waals surface area contributed by atoms with E-state index in [0.29, 0.717) is 24.3 Å². The van der Waals surface area contributed by atoms with Crippen molar-refractivity contribution in [2.24, 2.45) is 0 Å². The third kappa shape index (κ3) is 4.44. The molecule has 0 saturated carbocycles. The van der Waals surface area contributed by atoms with Crippen LogP contribution in [0.15, 0.2) is 18.2 Å². The molecule has 2 unspecified atom stereocenters. The Morgan fingerprint density at radius 3 is 2.59 bits per heavy atom. The van der Waals surface area contributed by atoms with Gasteiger partial charge >= 0.3 is 12.2 Å². The summed E-state index contributed by atoms with van der Waals surface area (Å²) in [7, 11) is 2.84. The summed E-state index contributed by atoms with van der Waals surface area (Å²) in [4.78, 5) is 23.6. The van der Waals surface area contributed by atoms with Gasteiger partial charge in [-0.05, 0) is 31.0 Å². The highest BCUT2D eigenvalue weighted by molar-refractivity contribution is 7.23. The number of nitrogens with zero attached hydrogens (tertiary/aromatic N) is 5. The second-order valence-corrected chi connectivity index (χ2v) is 10.8. The molecule has 41 heavy (non-hydrogen) atoms. The number of nitrogens with two attached hydrogens (primary N) is 1. The number of likely N-dealkylation sites (N-methyl/N-ethyl adjacent to an activating group) is 1. The molecule has 5 rings (SSSR count). The van der Waals surface area contributed by atoms with Crippen molar-refractivity contribution in [2.45, 2.75) is 38.5 Å². The van der Waals surface area contributed by atoms with Crippen molar-refractivity contribution in [3.8, 4) is 23.2 Å². The standard InChI is InChI=1S/C27H23F5N6O2S/c1-11-18(7-8-38(11)12(2)39)37(3)25-14-9-16(27(30,31)32)20(21(29)22(14)35-26(36-25)40-4)13-5-6-17(28)23-19(13)15(10-33)24(34)41-23/h5-6,9,11,18H,7-8,34H2,1-4H3. The van der Waals surface area contributed by atoms with E-state index in [2.05, 4.69) is 9.97 Å². The lowest BCUT2D eigenvalue weighted by atomic mass is 9.92.